The van der Waals surface area contributed by atoms with Crippen LogP contribution in [0.5, 0.6) is 0 Å². The van der Waals surface area contributed by atoms with E-state index in [0.717, 1.165) is 25.1 Å². The monoisotopic (exact) mass is 269 g/mol. The third kappa shape index (κ3) is 2.01. The summed E-state index contributed by atoms with van der Waals surface area (Å²) in [7, 11) is 0. The van der Waals surface area contributed by atoms with Crippen LogP contribution < -0.4 is 0 Å². The minimum Gasteiger partial charge on any atom is -0.352 e. The van der Waals surface area contributed by atoms with Crippen LogP contribution in [0.3, 0.4) is 0 Å². The van der Waals surface area contributed by atoms with E-state index in [9.17, 15) is 0 Å². The molecule has 0 saturated carbocycles. The van der Waals surface area contributed by atoms with Gasteiger partial charge < -0.3 is 9.80 Å². The maximum absolute atomic E-state index is 4.58. The Morgan fingerprint density at radius 2 is 2.10 bits per heavy atom. The highest BCUT2D eigenvalue weighted by atomic mass is 15.4. The van der Waals surface area contributed by atoms with E-state index in [2.05, 4.69) is 66.3 Å². The number of hydrogen-bond donors (Lipinski definition) is 0. The Morgan fingerprint density at radius 3 is 2.85 bits per heavy atom. The molecule has 2 unspecified atom stereocenters. The molecule has 0 radical (unpaired) electrons. The van der Waals surface area contributed by atoms with E-state index in [1.54, 1.807) is 0 Å². The van der Waals surface area contributed by atoms with Crippen molar-refractivity contribution in [2.75, 3.05) is 6.54 Å². The minimum absolute atomic E-state index is 0.299. The van der Waals surface area contributed by atoms with E-state index < -0.39 is 0 Å². The summed E-state index contributed by atoms with van der Waals surface area (Å²) in [6.07, 6.45) is 13.2. The molecule has 2 aliphatic heterocycles. The van der Waals surface area contributed by atoms with Crippen molar-refractivity contribution in [2.24, 2.45) is 0 Å². The van der Waals surface area contributed by atoms with Gasteiger partial charge in [0.25, 0.3) is 0 Å². The van der Waals surface area contributed by atoms with Crippen LogP contribution in [0.4, 0.5) is 0 Å². The van der Waals surface area contributed by atoms with Crippen molar-refractivity contribution in [3.63, 3.8) is 0 Å². The molecule has 106 valence electrons. The van der Waals surface area contributed by atoms with E-state index in [0.29, 0.717) is 12.1 Å². The molecule has 20 heavy (non-hydrogen) atoms. The van der Waals surface area contributed by atoms with Gasteiger partial charge in [-0.05, 0) is 36.5 Å². The Hall–Kier alpha value is -1.77. The molecule has 2 atom stereocenters. The summed E-state index contributed by atoms with van der Waals surface area (Å²) in [5.41, 5.74) is 3.97. The summed E-state index contributed by atoms with van der Waals surface area (Å²) in [6.45, 7) is 7.88. The third-order valence-corrected chi connectivity index (χ3v) is 4.37. The van der Waals surface area contributed by atoms with Gasteiger partial charge in [0.2, 0.25) is 0 Å². The SMILES string of the molecule is CCCN1C=CN2C=Cc3nccc(C(C)CC)c3C21. The molecule has 0 saturated heterocycles. The Labute approximate surface area is 121 Å². The van der Waals surface area contributed by atoms with Crippen LogP contribution in [0.15, 0.2) is 30.9 Å². The third-order valence-electron chi connectivity index (χ3n) is 4.37. The number of fused-ring (bicyclic) bond motifs is 3. The zero-order chi connectivity index (χ0) is 14.1. The summed E-state index contributed by atoms with van der Waals surface area (Å²) in [5.74, 6) is 0.573. The van der Waals surface area contributed by atoms with Crippen molar-refractivity contribution < 1.29 is 0 Å². The van der Waals surface area contributed by atoms with Gasteiger partial charge in [0.05, 0.1) is 5.69 Å². The summed E-state index contributed by atoms with van der Waals surface area (Å²) >= 11 is 0. The lowest BCUT2D eigenvalue weighted by Crippen LogP contribution is -2.32. The molecular weight excluding hydrogens is 246 g/mol. The van der Waals surface area contributed by atoms with Crippen LogP contribution >= 0.6 is 0 Å². The maximum Gasteiger partial charge on any atom is 0.133 e. The first kappa shape index (κ1) is 13.2. The van der Waals surface area contributed by atoms with E-state index in [1.165, 1.54) is 11.1 Å². The topological polar surface area (TPSA) is 19.4 Å². The second kappa shape index (κ2) is 5.31. The van der Waals surface area contributed by atoms with Crippen LogP contribution in [-0.2, 0) is 0 Å². The fourth-order valence-electron chi connectivity index (χ4n) is 3.12. The van der Waals surface area contributed by atoms with E-state index >= 15 is 0 Å². The first-order valence-electron chi connectivity index (χ1n) is 7.64. The van der Waals surface area contributed by atoms with Crippen molar-refractivity contribution >= 4 is 6.08 Å². The Morgan fingerprint density at radius 1 is 1.25 bits per heavy atom. The molecule has 0 aromatic carbocycles. The average molecular weight is 269 g/mol. The van der Waals surface area contributed by atoms with Crippen LogP contribution in [0.2, 0.25) is 0 Å². The quantitative estimate of drug-likeness (QED) is 0.821. The maximum atomic E-state index is 4.58. The molecule has 0 N–H and O–H groups in total. The lowest BCUT2D eigenvalue weighted by molar-refractivity contribution is 0.191. The molecule has 0 spiro atoms. The van der Waals surface area contributed by atoms with Crippen LogP contribution in [-0.4, -0.2) is 21.3 Å². The molecule has 0 amide bonds. The van der Waals surface area contributed by atoms with Crippen molar-refractivity contribution in [3.05, 3.63) is 47.7 Å². The highest BCUT2D eigenvalue weighted by Gasteiger charge is 2.33. The normalized spacial score (nSPS) is 21.1. The first-order valence-corrected chi connectivity index (χ1v) is 7.64. The van der Waals surface area contributed by atoms with E-state index in [-0.39, 0.29) is 0 Å². The molecule has 3 rings (SSSR count). The molecule has 3 heterocycles. The first-order chi connectivity index (χ1) is 9.76. The van der Waals surface area contributed by atoms with Crippen molar-refractivity contribution in [1.29, 1.82) is 0 Å². The van der Waals surface area contributed by atoms with Crippen LogP contribution in [0, 0.1) is 0 Å². The Bertz CT molecular complexity index is 547. The zero-order valence-electron chi connectivity index (χ0n) is 12.6. The predicted molar refractivity (Wildman–Crippen MR) is 82.7 cm³/mol. The van der Waals surface area contributed by atoms with Crippen molar-refractivity contribution in [3.8, 4) is 0 Å². The van der Waals surface area contributed by atoms with Gasteiger partial charge in [-0.1, -0.05) is 20.8 Å². The van der Waals surface area contributed by atoms with Crippen LogP contribution in [0.1, 0.15) is 62.5 Å². The largest absolute Gasteiger partial charge is 0.352 e. The number of hydrogen-bond acceptors (Lipinski definition) is 3. The van der Waals surface area contributed by atoms with Crippen molar-refractivity contribution in [1.82, 2.24) is 14.8 Å². The number of nitrogens with zero attached hydrogens (tertiary/aromatic N) is 3. The number of aromatic nitrogens is 1. The fraction of sp³-hybridized carbons (Fsp3) is 0.471. The molecule has 3 heteroatoms. The standard InChI is InChI=1S/C17H23N3/c1-4-9-19-11-12-20-10-7-15-16(17(19)20)14(6-8-18-15)13(3)5-2/h6-8,10-13,17H,4-5,9H2,1-3H3. The second-order valence-corrected chi connectivity index (χ2v) is 5.68. The van der Waals surface area contributed by atoms with Gasteiger partial charge >= 0.3 is 0 Å². The minimum atomic E-state index is 0.299. The fourth-order valence-corrected chi connectivity index (χ4v) is 3.12. The highest BCUT2D eigenvalue weighted by Crippen LogP contribution is 2.40. The molecule has 3 nitrogen and oxygen atoms in total. The average Bonchev–Trinajstić information content (AvgIpc) is 2.89. The van der Waals surface area contributed by atoms with E-state index in [4.69, 9.17) is 0 Å². The molecule has 0 fully saturated rings. The van der Waals surface area contributed by atoms with Crippen molar-refractivity contribution in [2.45, 2.75) is 45.7 Å². The van der Waals surface area contributed by atoms with Gasteiger partial charge in [-0.2, -0.15) is 0 Å². The van der Waals surface area contributed by atoms with Gasteiger partial charge in [-0.15, -0.1) is 0 Å². The number of pyridine rings is 1. The summed E-state index contributed by atoms with van der Waals surface area (Å²) in [5, 5.41) is 0. The smallest absolute Gasteiger partial charge is 0.133 e. The molecule has 1 aromatic rings. The van der Waals surface area contributed by atoms with Gasteiger partial charge in [-0.3, -0.25) is 4.98 Å². The van der Waals surface area contributed by atoms with Crippen LogP contribution in [0.25, 0.3) is 6.08 Å². The molecule has 0 aliphatic carbocycles. The predicted octanol–water partition coefficient (Wildman–Crippen LogP) is 4.08. The lowest BCUT2D eigenvalue weighted by atomic mass is 9.90. The second-order valence-electron chi connectivity index (χ2n) is 5.68. The number of rotatable bonds is 4. The van der Waals surface area contributed by atoms with Gasteiger partial charge in [0.1, 0.15) is 6.17 Å². The molecule has 1 aromatic heterocycles. The van der Waals surface area contributed by atoms with Gasteiger partial charge in [0.15, 0.2) is 0 Å². The molecular formula is C17H23N3. The Kier molecular flexibility index (Phi) is 3.51. The summed E-state index contributed by atoms with van der Waals surface area (Å²) in [6, 6.07) is 2.20. The Balaban J connectivity index is 2.07. The molecule has 0 bridgehead atoms. The zero-order valence-corrected chi connectivity index (χ0v) is 12.6. The highest BCUT2D eigenvalue weighted by molar-refractivity contribution is 5.57. The van der Waals surface area contributed by atoms with Gasteiger partial charge in [0, 0.05) is 36.9 Å². The summed E-state index contributed by atoms with van der Waals surface area (Å²) < 4.78 is 0. The molecule has 2 aliphatic rings. The van der Waals surface area contributed by atoms with Gasteiger partial charge in [-0.25, -0.2) is 0 Å². The van der Waals surface area contributed by atoms with E-state index in [1.807, 2.05) is 6.20 Å². The summed E-state index contributed by atoms with van der Waals surface area (Å²) in [4.78, 5) is 9.31. The lowest BCUT2D eigenvalue weighted by Gasteiger charge is -2.36.